The van der Waals surface area contributed by atoms with Crippen LogP contribution < -0.4 is 0 Å². The third-order valence-corrected chi connectivity index (χ3v) is 2.12. The van der Waals surface area contributed by atoms with Crippen molar-refractivity contribution in [1.29, 1.82) is 0 Å². The molecule has 15 heavy (non-hydrogen) atoms. The number of aliphatic hydroxyl groups is 1. The van der Waals surface area contributed by atoms with Crippen molar-refractivity contribution in [3.63, 3.8) is 0 Å². The standard InChI is InChI=1S/C10H20O5/c1-9(11)10-8-14-5-4-12-2-3-13-6-7-15-10/h9-11H,2-8H2,1H3. The minimum Gasteiger partial charge on any atom is -0.391 e. The highest BCUT2D eigenvalue weighted by Crippen LogP contribution is 2.01. The van der Waals surface area contributed by atoms with Crippen LogP contribution in [0.5, 0.6) is 0 Å². The lowest BCUT2D eigenvalue weighted by molar-refractivity contribution is -0.101. The largest absolute Gasteiger partial charge is 0.391 e. The van der Waals surface area contributed by atoms with Gasteiger partial charge in [0.2, 0.25) is 0 Å². The average molecular weight is 220 g/mol. The predicted molar refractivity (Wildman–Crippen MR) is 53.9 cm³/mol. The normalized spacial score (nSPS) is 28.8. The molecule has 0 spiro atoms. The molecule has 90 valence electrons. The Morgan fingerprint density at radius 2 is 1.47 bits per heavy atom. The fourth-order valence-electron chi connectivity index (χ4n) is 1.22. The van der Waals surface area contributed by atoms with Crippen LogP contribution in [0.25, 0.3) is 0 Å². The van der Waals surface area contributed by atoms with Gasteiger partial charge in [0.25, 0.3) is 0 Å². The van der Waals surface area contributed by atoms with Crippen LogP contribution in [0.1, 0.15) is 6.92 Å². The van der Waals surface area contributed by atoms with Gasteiger partial charge in [-0.3, -0.25) is 0 Å². The Hall–Kier alpha value is -0.200. The van der Waals surface area contributed by atoms with Crippen molar-refractivity contribution in [1.82, 2.24) is 0 Å². The van der Waals surface area contributed by atoms with Crippen LogP contribution in [0.4, 0.5) is 0 Å². The van der Waals surface area contributed by atoms with E-state index in [4.69, 9.17) is 18.9 Å². The van der Waals surface area contributed by atoms with Gasteiger partial charge in [-0.2, -0.15) is 0 Å². The van der Waals surface area contributed by atoms with Crippen LogP contribution in [-0.4, -0.2) is 63.6 Å². The van der Waals surface area contributed by atoms with E-state index >= 15 is 0 Å². The van der Waals surface area contributed by atoms with Crippen LogP contribution >= 0.6 is 0 Å². The monoisotopic (exact) mass is 220 g/mol. The van der Waals surface area contributed by atoms with Gasteiger partial charge < -0.3 is 24.1 Å². The van der Waals surface area contributed by atoms with Gasteiger partial charge in [0.05, 0.1) is 52.4 Å². The molecule has 0 amide bonds. The highest BCUT2D eigenvalue weighted by atomic mass is 16.6. The molecule has 1 heterocycles. The number of rotatable bonds is 1. The molecule has 0 radical (unpaired) electrons. The molecule has 1 N–H and O–H groups in total. The average Bonchev–Trinajstić information content (AvgIpc) is 2.18. The SMILES string of the molecule is CC(O)C1COCCOCCOCCO1. The number of aliphatic hydroxyl groups excluding tert-OH is 1. The molecular formula is C10H20O5. The Morgan fingerprint density at radius 1 is 0.933 bits per heavy atom. The molecule has 5 heteroatoms. The second kappa shape index (κ2) is 8.01. The summed E-state index contributed by atoms with van der Waals surface area (Å²) >= 11 is 0. The fourth-order valence-corrected chi connectivity index (χ4v) is 1.22. The van der Waals surface area contributed by atoms with Crippen molar-refractivity contribution in [3.05, 3.63) is 0 Å². The van der Waals surface area contributed by atoms with Crippen molar-refractivity contribution < 1.29 is 24.1 Å². The molecule has 0 saturated carbocycles. The first kappa shape index (κ1) is 12.9. The summed E-state index contributed by atoms with van der Waals surface area (Å²) in [6.07, 6.45) is -0.818. The van der Waals surface area contributed by atoms with Crippen molar-refractivity contribution in [2.45, 2.75) is 19.1 Å². The number of hydrogen-bond donors (Lipinski definition) is 1. The van der Waals surface area contributed by atoms with Gasteiger partial charge in [0.1, 0.15) is 6.10 Å². The summed E-state index contributed by atoms with van der Waals surface area (Å²) in [6, 6.07) is 0. The molecular weight excluding hydrogens is 200 g/mol. The summed E-state index contributed by atoms with van der Waals surface area (Å²) in [5.74, 6) is 0. The second-order valence-electron chi connectivity index (χ2n) is 3.45. The van der Waals surface area contributed by atoms with Crippen molar-refractivity contribution >= 4 is 0 Å². The van der Waals surface area contributed by atoms with Gasteiger partial charge in [0, 0.05) is 0 Å². The molecule has 1 rings (SSSR count). The van der Waals surface area contributed by atoms with Gasteiger partial charge >= 0.3 is 0 Å². The molecule has 0 aromatic rings. The Kier molecular flexibility index (Phi) is 6.87. The lowest BCUT2D eigenvalue weighted by Gasteiger charge is -2.21. The first-order valence-corrected chi connectivity index (χ1v) is 5.33. The van der Waals surface area contributed by atoms with E-state index in [-0.39, 0.29) is 6.10 Å². The van der Waals surface area contributed by atoms with E-state index in [1.54, 1.807) is 6.92 Å². The molecule has 1 saturated heterocycles. The lowest BCUT2D eigenvalue weighted by atomic mass is 10.2. The Labute approximate surface area is 90.3 Å². The maximum Gasteiger partial charge on any atom is 0.106 e. The second-order valence-corrected chi connectivity index (χ2v) is 3.45. The molecule has 0 aliphatic carbocycles. The molecule has 2 atom stereocenters. The zero-order valence-corrected chi connectivity index (χ0v) is 9.18. The summed E-state index contributed by atoms with van der Waals surface area (Å²) in [7, 11) is 0. The maximum atomic E-state index is 9.40. The van der Waals surface area contributed by atoms with Gasteiger partial charge in [-0.1, -0.05) is 0 Å². The quantitative estimate of drug-likeness (QED) is 0.664. The smallest absolute Gasteiger partial charge is 0.106 e. The van der Waals surface area contributed by atoms with Crippen molar-refractivity contribution in [3.8, 4) is 0 Å². The Balaban J connectivity index is 2.25. The molecule has 1 aliphatic heterocycles. The van der Waals surface area contributed by atoms with E-state index in [0.29, 0.717) is 46.2 Å². The third-order valence-electron chi connectivity index (χ3n) is 2.12. The van der Waals surface area contributed by atoms with Gasteiger partial charge in [-0.15, -0.1) is 0 Å². The molecule has 0 aromatic carbocycles. The van der Waals surface area contributed by atoms with E-state index in [1.807, 2.05) is 0 Å². The highest BCUT2D eigenvalue weighted by molar-refractivity contribution is 4.63. The van der Waals surface area contributed by atoms with Gasteiger partial charge in [-0.25, -0.2) is 0 Å². The first-order valence-electron chi connectivity index (χ1n) is 5.33. The van der Waals surface area contributed by atoms with E-state index in [0.717, 1.165) is 0 Å². The summed E-state index contributed by atoms with van der Waals surface area (Å²) in [5, 5.41) is 9.40. The van der Waals surface area contributed by atoms with E-state index < -0.39 is 6.10 Å². The predicted octanol–water partition coefficient (Wildman–Crippen LogP) is -0.184. The number of ether oxygens (including phenoxy) is 4. The Bertz CT molecular complexity index is 139. The maximum absolute atomic E-state index is 9.40. The highest BCUT2D eigenvalue weighted by Gasteiger charge is 2.15. The van der Waals surface area contributed by atoms with Crippen LogP contribution in [0.15, 0.2) is 0 Å². The summed E-state index contributed by atoms with van der Waals surface area (Å²) in [6.45, 7) is 5.30. The summed E-state index contributed by atoms with van der Waals surface area (Å²) in [5.41, 5.74) is 0. The topological polar surface area (TPSA) is 57.2 Å². The van der Waals surface area contributed by atoms with Crippen LogP contribution in [0.3, 0.4) is 0 Å². The summed E-state index contributed by atoms with van der Waals surface area (Å²) < 4.78 is 21.3. The first-order chi connectivity index (χ1) is 7.30. The van der Waals surface area contributed by atoms with Gasteiger partial charge in [0.15, 0.2) is 0 Å². The minimum absolute atomic E-state index is 0.284. The van der Waals surface area contributed by atoms with Crippen molar-refractivity contribution in [2.24, 2.45) is 0 Å². The van der Waals surface area contributed by atoms with Crippen molar-refractivity contribution in [2.75, 3.05) is 46.2 Å². The fraction of sp³-hybridized carbons (Fsp3) is 1.00. The van der Waals surface area contributed by atoms with Crippen LogP contribution in [0.2, 0.25) is 0 Å². The molecule has 5 nitrogen and oxygen atoms in total. The van der Waals surface area contributed by atoms with Crippen LogP contribution in [-0.2, 0) is 18.9 Å². The zero-order chi connectivity index (χ0) is 10.9. The Morgan fingerprint density at radius 3 is 2.07 bits per heavy atom. The molecule has 0 bridgehead atoms. The van der Waals surface area contributed by atoms with E-state index in [1.165, 1.54) is 0 Å². The lowest BCUT2D eigenvalue weighted by Crippen LogP contribution is -2.33. The van der Waals surface area contributed by atoms with E-state index in [2.05, 4.69) is 0 Å². The molecule has 2 unspecified atom stereocenters. The van der Waals surface area contributed by atoms with E-state index in [9.17, 15) is 5.11 Å². The van der Waals surface area contributed by atoms with Gasteiger partial charge in [-0.05, 0) is 6.92 Å². The molecule has 0 aromatic heterocycles. The third kappa shape index (κ3) is 6.06. The van der Waals surface area contributed by atoms with Crippen LogP contribution in [0, 0.1) is 0 Å². The number of hydrogen-bond acceptors (Lipinski definition) is 5. The molecule has 1 aliphatic rings. The minimum atomic E-state index is -0.533. The zero-order valence-electron chi connectivity index (χ0n) is 9.18. The summed E-state index contributed by atoms with van der Waals surface area (Å²) in [4.78, 5) is 0. The molecule has 1 fully saturated rings.